The molecule has 0 aromatic heterocycles. The second-order valence-corrected chi connectivity index (χ2v) is 5.02. The van der Waals surface area contributed by atoms with Crippen LogP contribution in [-0.2, 0) is 11.2 Å². The minimum absolute atomic E-state index is 0.244. The third kappa shape index (κ3) is 2.05. The highest BCUT2D eigenvalue weighted by Crippen LogP contribution is 2.32. The number of amides is 3. The number of piperidine rings is 1. The number of carbonyl (C=O) groups is 2. The normalized spacial score (nSPS) is 18.6. The summed E-state index contributed by atoms with van der Waals surface area (Å²) in [5.41, 5.74) is 7.68. The Kier molecular flexibility index (Phi) is 2.89. The molecule has 0 spiro atoms. The molecule has 2 heterocycles. The van der Waals surface area contributed by atoms with Gasteiger partial charge in [-0.25, -0.2) is 9.69 Å². The number of imide groups is 1. The molecule has 0 bridgehead atoms. The molecule has 5 heteroatoms. The number of hydrogen-bond donors (Lipinski definition) is 1. The van der Waals surface area contributed by atoms with Gasteiger partial charge in [0, 0.05) is 24.8 Å². The van der Waals surface area contributed by atoms with Crippen molar-refractivity contribution in [2.75, 3.05) is 22.9 Å². The van der Waals surface area contributed by atoms with Gasteiger partial charge in [-0.2, -0.15) is 0 Å². The van der Waals surface area contributed by atoms with Gasteiger partial charge < -0.3 is 10.6 Å². The highest BCUT2D eigenvalue weighted by molar-refractivity contribution is 6.18. The molecule has 1 aromatic rings. The summed E-state index contributed by atoms with van der Waals surface area (Å²) in [4.78, 5) is 26.3. The number of benzene rings is 1. The number of nitrogens with zero attached hydrogens (tertiary/aromatic N) is 2. The van der Waals surface area contributed by atoms with E-state index in [1.807, 2.05) is 6.07 Å². The first-order valence-corrected chi connectivity index (χ1v) is 6.59. The summed E-state index contributed by atoms with van der Waals surface area (Å²) in [6, 6.07) is 6.11. The number of anilines is 2. The molecule has 2 aliphatic rings. The SMILES string of the molecule is NC(=O)N1C(=O)Cc2cc(N3CCCCC3)[c]cc21. The maximum atomic E-state index is 11.8. The fourth-order valence-corrected chi connectivity index (χ4v) is 2.80. The molecule has 2 N–H and O–H groups in total. The zero-order valence-corrected chi connectivity index (χ0v) is 10.7. The van der Waals surface area contributed by atoms with Crippen LogP contribution < -0.4 is 15.5 Å². The Morgan fingerprint density at radius 3 is 2.68 bits per heavy atom. The molecule has 19 heavy (non-hydrogen) atoms. The standard InChI is InChI=1S/C14H16N3O2/c15-14(19)17-12-5-4-11(8-10(12)9-13(17)18)16-6-2-1-3-7-16/h5,8H,1-3,6-7,9H2,(H2,15,19). The third-order valence-electron chi connectivity index (χ3n) is 3.75. The lowest BCUT2D eigenvalue weighted by Gasteiger charge is -2.29. The van der Waals surface area contributed by atoms with Crippen LogP contribution >= 0.6 is 0 Å². The number of fused-ring (bicyclic) bond motifs is 1. The summed E-state index contributed by atoms with van der Waals surface area (Å²) in [5.74, 6) is -0.258. The predicted octanol–water partition coefficient (Wildman–Crippen LogP) is 1.44. The van der Waals surface area contributed by atoms with Gasteiger partial charge in [-0.15, -0.1) is 0 Å². The molecule has 0 saturated carbocycles. The molecule has 2 aliphatic heterocycles. The van der Waals surface area contributed by atoms with Gasteiger partial charge in [0.15, 0.2) is 0 Å². The maximum absolute atomic E-state index is 11.8. The number of primary amides is 1. The van der Waals surface area contributed by atoms with Gasteiger partial charge in [-0.3, -0.25) is 4.79 Å². The van der Waals surface area contributed by atoms with E-state index in [1.54, 1.807) is 6.07 Å². The van der Waals surface area contributed by atoms with Crippen molar-refractivity contribution in [3.63, 3.8) is 0 Å². The Bertz CT molecular complexity index is 535. The van der Waals surface area contributed by atoms with Gasteiger partial charge in [0.1, 0.15) is 0 Å². The molecule has 0 aliphatic carbocycles. The highest BCUT2D eigenvalue weighted by atomic mass is 16.2. The molecule has 1 radical (unpaired) electrons. The Morgan fingerprint density at radius 2 is 2.00 bits per heavy atom. The highest BCUT2D eigenvalue weighted by Gasteiger charge is 2.31. The minimum atomic E-state index is -0.720. The van der Waals surface area contributed by atoms with Crippen molar-refractivity contribution in [1.29, 1.82) is 0 Å². The lowest BCUT2D eigenvalue weighted by Crippen LogP contribution is -2.38. The Labute approximate surface area is 112 Å². The van der Waals surface area contributed by atoms with Gasteiger partial charge in [0.05, 0.1) is 12.1 Å². The molecular weight excluding hydrogens is 242 g/mol. The van der Waals surface area contributed by atoms with Gasteiger partial charge in [-0.1, -0.05) is 0 Å². The lowest BCUT2D eigenvalue weighted by atomic mass is 10.1. The zero-order chi connectivity index (χ0) is 13.4. The molecule has 99 valence electrons. The van der Waals surface area contributed by atoms with Crippen molar-refractivity contribution in [3.05, 3.63) is 23.8 Å². The van der Waals surface area contributed by atoms with E-state index in [-0.39, 0.29) is 12.3 Å². The van der Waals surface area contributed by atoms with Crippen molar-refractivity contribution >= 4 is 23.3 Å². The van der Waals surface area contributed by atoms with Crippen LogP contribution in [0, 0.1) is 6.07 Å². The summed E-state index contributed by atoms with van der Waals surface area (Å²) < 4.78 is 0. The van der Waals surface area contributed by atoms with Gasteiger partial charge in [-0.05, 0) is 37.0 Å². The van der Waals surface area contributed by atoms with Crippen molar-refractivity contribution in [2.24, 2.45) is 5.73 Å². The molecule has 0 atom stereocenters. The molecule has 3 rings (SSSR count). The van der Waals surface area contributed by atoms with Crippen LogP contribution in [0.3, 0.4) is 0 Å². The van der Waals surface area contributed by atoms with Crippen LogP contribution in [0.4, 0.5) is 16.2 Å². The lowest BCUT2D eigenvalue weighted by molar-refractivity contribution is -0.116. The topological polar surface area (TPSA) is 66.6 Å². The summed E-state index contributed by atoms with van der Waals surface area (Å²) in [6.45, 7) is 2.06. The molecule has 5 nitrogen and oxygen atoms in total. The third-order valence-corrected chi connectivity index (χ3v) is 3.75. The van der Waals surface area contributed by atoms with Crippen LogP contribution in [0.2, 0.25) is 0 Å². The quantitative estimate of drug-likeness (QED) is 0.829. The number of rotatable bonds is 1. The fourth-order valence-electron chi connectivity index (χ4n) is 2.80. The fraction of sp³-hybridized carbons (Fsp3) is 0.429. The maximum Gasteiger partial charge on any atom is 0.326 e. The number of hydrogen-bond acceptors (Lipinski definition) is 3. The van der Waals surface area contributed by atoms with E-state index in [2.05, 4.69) is 11.0 Å². The van der Waals surface area contributed by atoms with E-state index in [1.165, 1.54) is 19.3 Å². The molecule has 0 unspecified atom stereocenters. The summed E-state index contributed by atoms with van der Waals surface area (Å²) >= 11 is 0. The molecule has 3 amide bonds. The average Bonchev–Trinajstić information content (AvgIpc) is 2.74. The first kappa shape index (κ1) is 12.0. The van der Waals surface area contributed by atoms with Crippen molar-refractivity contribution in [1.82, 2.24) is 0 Å². The van der Waals surface area contributed by atoms with Crippen LogP contribution in [0.25, 0.3) is 0 Å². The van der Waals surface area contributed by atoms with Crippen LogP contribution in [-0.4, -0.2) is 25.0 Å². The summed E-state index contributed by atoms with van der Waals surface area (Å²) in [7, 11) is 0. The summed E-state index contributed by atoms with van der Waals surface area (Å²) in [5, 5.41) is 0. The van der Waals surface area contributed by atoms with Crippen LogP contribution in [0.1, 0.15) is 24.8 Å². The molecular formula is C14H16N3O2. The van der Waals surface area contributed by atoms with E-state index in [0.717, 1.165) is 29.2 Å². The molecule has 1 aromatic carbocycles. The first-order chi connectivity index (χ1) is 9.16. The van der Waals surface area contributed by atoms with E-state index >= 15 is 0 Å². The van der Waals surface area contributed by atoms with Crippen LogP contribution in [0.15, 0.2) is 12.1 Å². The second-order valence-electron chi connectivity index (χ2n) is 5.02. The average molecular weight is 258 g/mol. The zero-order valence-electron chi connectivity index (χ0n) is 10.7. The van der Waals surface area contributed by atoms with Crippen LogP contribution in [0.5, 0.6) is 0 Å². The smallest absolute Gasteiger partial charge is 0.326 e. The van der Waals surface area contributed by atoms with E-state index in [9.17, 15) is 9.59 Å². The van der Waals surface area contributed by atoms with Crippen molar-refractivity contribution in [2.45, 2.75) is 25.7 Å². The number of urea groups is 1. The number of carbonyl (C=O) groups excluding carboxylic acids is 2. The Balaban J connectivity index is 1.91. The summed E-state index contributed by atoms with van der Waals surface area (Å²) in [6.07, 6.45) is 3.90. The van der Waals surface area contributed by atoms with Gasteiger partial charge in [0.2, 0.25) is 5.91 Å². The van der Waals surface area contributed by atoms with Crippen molar-refractivity contribution < 1.29 is 9.59 Å². The Hall–Kier alpha value is -2.04. The van der Waals surface area contributed by atoms with Crippen molar-refractivity contribution in [3.8, 4) is 0 Å². The molecule has 1 fully saturated rings. The van der Waals surface area contributed by atoms with E-state index < -0.39 is 6.03 Å². The van der Waals surface area contributed by atoms with E-state index in [4.69, 9.17) is 5.73 Å². The minimum Gasteiger partial charge on any atom is -0.371 e. The monoisotopic (exact) mass is 258 g/mol. The first-order valence-electron chi connectivity index (χ1n) is 6.59. The second kappa shape index (κ2) is 4.57. The number of nitrogens with two attached hydrogens (primary N) is 1. The largest absolute Gasteiger partial charge is 0.371 e. The van der Waals surface area contributed by atoms with E-state index in [0.29, 0.717) is 5.69 Å². The molecule has 1 saturated heterocycles. The van der Waals surface area contributed by atoms with Gasteiger partial charge >= 0.3 is 6.03 Å². The predicted molar refractivity (Wildman–Crippen MR) is 72.1 cm³/mol. The Morgan fingerprint density at radius 1 is 1.26 bits per heavy atom. The van der Waals surface area contributed by atoms with Gasteiger partial charge in [0.25, 0.3) is 0 Å².